The second-order valence-electron chi connectivity index (χ2n) is 4.88. The third-order valence-corrected chi connectivity index (χ3v) is 4.73. The minimum atomic E-state index is -0.983. The van der Waals surface area contributed by atoms with Gasteiger partial charge in [-0.15, -0.1) is 0 Å². The molecule has 0 aliphatic carbocycles. The number of hydrogen-bond acceptors (Lipinski definition) is 2. The highest BCUT2D eigenvalue weighted by Crippen LogP contribution is 2.29. The molecule has 2 nitrogen and oxygen atoms in total. The molecule has 2 rings (SSSR count). The van der Waals surface area contributed by atoms with Gasteiger partial charge in [0.25, 0.3) is 0 Å². The first-order chi connectivity index (χ1) is 9.52. The molecule has 0 aliphatic rings. The lowest BCUT2D eigenvalue weighted by Crippen LogP contribution is -1.97. The van der Waals surface area contributed by atoms with Crippen LogP contribution in [-0.4, -0.2) is 14.9 Å². The molecule has 1 unspecified atom stereocenters. The van der Waals surface area contributed by atoms with E-state index in [0.717, 1.165) is 21.8 Å². The zero-order valence-corrected chi connectivity index (χ0v) is 13.5. The molecule has 1 heterocycles. The van der Waals surface area contributed by atoms with E-state index in [4.69, 9.17) is 11.6 Å². The van der Waals surface area contributed by atoms with Crippen LogP contribution in [0, 0.1) is 0 Å². The van der Waals surface area contributed by atoms with Crippen LogP contribution < -0.4 is 0 Å². The quantitative estimate of drug-likeness (QED) is 0.822. The van der Waals surface area contributed by atoms with Crippen LogP contribution in [0.2, 0.25) is 5.02 Å². The summed E-state index contributed by atoms with van der Waals surface area (Å²) in [4.78, 5) is 5.44. The van der Waals surface area contributed by atoms with Gasteiger partial charge in [0.1, 0.15) is 0 Å². The van der Waals surface area contributed by atoms with Gasteiger partial charge in [-0.05, 0) is 36.2 Å². The van der Waals surface area contributed by atoms with Gasteiger partial charge in [0.15, 0.2) is 0 Å². The van der Waals surface area contributed by atoms with E-state index in [1.165, 1.54) is 0 Å². The molecule has 0 saturated carbocycles. The molecule has 106 valence electrons. The van der Waals surface area contributed by atoms with Gasteiger partial charge in [0.2, 0.25) is 0 Å². The number of hydrogen-bond donors (Lipinski definition) is 0. The Bertz CT molecular complexity index is 640. The summed E-state index contributed by atoms with van der Waals surface area (Å²) in [5.41, 5.74) is 2.70. The fourth-order valence-electron chi connectivity index (χ4n) is 1.93. The average Bonchev–Trinajstić information content (AvgIpc) is 2.47. The van der Waals surface area contributed by atoms with Crippen LogP contribution in [0.4, 0.5) is 0 Å². The van der Waals surface area contributed by atoms with Gasteiger partial charge >= 0.3 is 0 Å². The number of nitrogens with zero attached hydrogens (tertiary/aromatic N) is 1. The van der Waals surface area contributed by atoms with E-state index in [2.05, 4.69) is 18.8 Å². The highest BCUT2D eigenvalue weighted by Gasteiger charge is 2.10. The maximum Gasteiger partial charge on any atom is 0.0720 e. The van der Waals surface area contributed by atoms with Gasteiger partial charge in [-0.2, -0.15) is 0 Å². The third-order valence-electron chi connectivity index (χ3n) is 3.10. The summed E-state index contributed by atoms with van der Waals surface area (Å²) in [7, 11) is -0.983. The van der Waals surface area contributed by atoms with Crippen molar-refractivity contribution in [3.63, 3.8) is 0 Å². The Morgan fingerprint density at radius 2 is 2.00 bits per heavy atom. The van der Waals surface area contributed by atoms with Gasteiger partial charge in [-0.1, -0.05) is 38.4 Å². The molecule has 0 spiro atoms. The zero-order valence-electron chi connectivity index (χ0n) is 11.9. The molecule has 0 saturated heterocycles. The van der Waals surface area contributed by atoms with Crippen molar-refractivity contribution in [1.82, 2.24) is 4.98 Å². The smallest absolute Gasteiger partial charge is 0.0720 e. The minimum Gasteiger partial charge on any atom is -0.254 e. The number of aromatic nitrogens is 1. The van der Waals surface area contributed by atoms with E-state index in [-0.39, 0.29) is 0 Å². The molecular formula is C16H18ClNOS. The molecule has 0 aliphatic heterocycles. The van der Waals surface area contributed by atoms with Crippen molar-refractivity contribution in [2.75, 3.05) is 5.75 Å². The van der Waals surface area contributed by atoms with Gasteiger partial charge < -0.3 is 0 Å². The van der Waals surface area contributed by atoms with Crippen molar-refractivity contribution < 1.29 is 4.21 Å². The third kappa shape index (κ3) is 3.28. The molecule has 2 aromatic rings. The Kier molecular flexibility index (Phi) is 4.95. The first kappa shape index (κ1) is 15.2. The highest BCUT2D eigenvalue weighted by molar-refractivity contribution is 7.85. The van der Waals surface area contributed by atoms with Crippen LogP contribution >= 0.6 is 11.6 Å². The second kappa shape index (κ2) is 6.51. The predicted molar refractivity (Wildman–Crippen MR) is 85.7 cm³/mol. The van der Waals surface area contributed by atoms with Crippen LogP contribution in [0.1, 0.15) is 32.4 Å². The fraction of sp³-hybridized carbons (Fsp3) is 0.312. The van der Waals surface area contributed by atoms with Crippen molar-refractivity contribution in [3.05, 3.63) is 47.1 Å². The van der Waals surface area contributed by atoms with E-state index in [0.29, 0.717) is 16.7 Å². The van der Waals surface area contributed by atoms with E-state index >= 15 is 0 Å². The predicted octanol–water partition coefficient (Wildman–Crippen LogP) is 4.65. The van der Waals surface area contributed by atoms with Crippen LogP contribution in [0.3, 0.4) is 0 Å². The number of benzene rings is 1. The normalized spacial score (nSPS) is 12.7. The molecule has 20 heavy (non-hydrogen) atoms. The number of pyridine rings is 1. The lowest BCUT2D eigenvalue weighted by Gasteiger charge is -2.10. The molecule has 0 radical (unpaired) electrons. The monoisotopic (exact) mass is 307 g/mol. The molecule has 1 aromatic carbocycles. The molecular weight excluding hydrogens is 290 g/mol. The van der Waals surface area contributed by atoms with Gasteiger partial charge in [-0.25, -0.2) is 0 Å². The number of halogens is 1. The van der Waals surface area contributed by atoms with Crippen LogP contribution in [0.5, 0.6) is 0 Å². The average molecular weight is 308 g/mol. The maximum absolute atomic E-state index is 11.9. The van der Waals surface area contributed by atoms with Crippen molar-refractivity contribution >= 4 is 22.4 Å². The lowest BCUT2D eigenvalue weighted by molar-refractivity contribution is 0.684. The van der Waals surface area contributed by atoms with Gasteiger partial charge in [0.05, 0.1) is 21.5 Å². The lowest BCUT2D eigenvalue weighted by atomic mass is 10.1. The van der Waals surface area contributed by atoms with Gasteiger partial charge in [-0.3, -0.25) is 9.19 Å². The SMILES string of the molecule is CCS(=O)c1ccc(Cl)c(-c2cccc(C(C)C)n2)c1. The summed E-state index contributed by atoms with van der Waals surface area (Å²) in [6, 6.07) is 11.4. The summed E-state index contributed by atoms with van der Waals surface area (Å²) in [6.07, 6.45) is 0. The highest BCUT2D eigenvalue weighted by atomic mass is 35.5. The largest absolute Gasteiger partial charge is 0.254 e. The molecule has 1 aromatic heterocycles. The Morgan fingerprint density at radius 1 is 1.25 bits per heavy atom. The van der Waals surface area contributed by atoms with E-state index in [1.807, 2.05) is 37.3 Å². The van der Waals surface area contributed by atoms with Crippen molar-refractivity contribution in [2.45, 2.75) is 31.6 Å². The molecule has 0 bridgehead atoms. The Morgan fingerprint density at radius 3 is 2.65 bits per heavy atom. The second-order valence-corrected chi connectivity index (χ2v) is 7.03. The summed E-state index contributed by atoms with van der Waals surface area (Å²) in [6.45, 7) is 6.12. The molecule has 1 atom stereocenters. The van der Waals surface area contributed by atoms with Crippen molar-refractivity contribution in [2.24, 2.45) is 0 Å². The van der Waals surface area contributed by atoms with Crippen LogP contribution in [0.15, 0.2) is 41.3 Å². The summed E-state index contributed by atoms with van der Waals surface area (Å²) < 4.78 is 11.9. The Labute approximate surface area is 127 Å². The van der Waals surface area contributed by atoms with E-state index in [9.17, 15) is 4.21 Å². The zero-order chi connectivity index (χ0) is 14.7. The van der Waals surface area contributed by atoms with Crippen molar-refractivity contribution in [1.29, 1.82) is 0 Å². The minimum absolute atomic E-state index is 0.363. The van der Waals surface area contributed by atoms with Gasteiger partial charge in [0, 0.05) is 21.9 Å². The summed E-state index contributed by atoms with van der Waals surface area (Å²) >= 11 is 6.27. The summed E-state index contributed by atoms with van der Waals surface area (Å²) in [5, 5.41) is 0.634. The van der Waals surface area contributed by atoms with E-state index < -0.39 is 10.8 Å². The Hall–Kier alpha value is -1.19. The molecule has 0 N–H and O–H groups in total. The van der Waals surface area contributed by atoms with Crippen LogP contribution in [-0.2, 0) is 10.8 Å². The molecule has 4 heteroatoms. The summed E-state index contributed by atoms with van der Waals surface area (Å²) in [5.74, 6) is 0.960. The van der Waals surface area contributed by atoms with Crippen LogP contribution in [0.25, 0.3) is 11.3 Å². The Balaban J connectivity index is 2.51. The molecule has 0 fully saturated rings. The van der Waals surface area contributed by atoms with Crippen molar-refractivity contribution in [3.8, 4) is 11.3 Å². The first-order valence-corrected chi connectivity index (χ1v) is 8.38. The fourth-order valence-corrected chi connectivity index (χ4v) is 2.95. The topological polar surface area (TPSA) is 30.0 Å². The standard InChI is InChI=1S/C16H18ClNOS/c1-4-20(19)12-8-9-14(17)13(10-12)16-7-5-6-15(18-16)11(2)3/h5-11H,4H2,1-3H3. The first-order valence-electron chi connectivity index (χ1n) is 6.68. The van der Waals surface area contributed by atoms with E-state index in [1.54, 1.807) is 6.07 Å². The molecule has 0 amide bonds. The maximum atomic E-state index is 11.9. The number of rotatable bonds is 4.